The molecule has 0 saturated carbocycles. The van der Waals surface area contributed by atoms with Gasteiger partial charge in [-0.25, -0.2) is 0 Å². The van der Waals surface area contributed by atoms with Crippen molar-refractivity contribution in [3.8, 4) is 0 Å². The van der Waals surface area contributed by atoms with Gasteiger partial charge in [0.1, 0.15) is 6.54 Å². The Hall–Kier alpha value is -1.89. The fraction of sp³-hybridized carbons (Fsp3) is 0.500. The maximum absolute atomic E-state index is 11.8. The number of aromatic nitrogens is 2. The Labute approximate surface area is 97.8 Å². The van der Waals surface area contributed by atoms with E-state index in [0.29, 0.717) is 12.2 Å². The van der Waals surface area contributed by atoms with Crippen molar-refractivity contribution in [2.75, 3.05) is 13.1 Å². The highest BCUT2D eigenvalue weighted by Crippen LogP contribution is 2.17. The molecule has 1 amide bonds. The number of aliphatic carboxylic acids is 1. The van der Waals surface area contributed by atoms with Gasteiger partial charge in [-0.15, -0.1) is 0 Å². The highest BCUT2D eigenvalue weighted by Gasteiger charge is 2.23. The number of carboxylic acids is 1. The fourth-order valence-electron chi connectivity index (χ4n) is 1.94. The van der Waals surface area contributed by atoms with Crippen molar-refractivity contribution in [1.29, 1.82) is 0 Å². The third-order valence-corrected chi connectivity index (χ3v) is 2.73. The second-order valence-electron chi connectivity index (χ2n) is 3.90. The van der Waals surface area contributed by atoms with E-state index in [1.165, 1.54) is 0 Å². The van der Waals surface area contributed by atoms with Crippen molar-refractivity contribution >= 4 is 11.9 Å². The highest BCUT2D eigenvalue weighted by molar-refractivity contribution is 5.95. The van der Waals surface area contributed by atoms with Gasteiger partial charge >= 0.3 is 5.97 Å². The van der Waals surface area contributed by atoms with Crippen molar-refractivity contribution in [3.63, 3.8) is 0 Å². The summed E-state index contributed by atoms with van der Waals surface area (Å²) in [5, 5.41) is 18.1. The summed E-state index contributed by atoms with van der Waals surface area (Å²) < 4.78 is 1.69. The molecule has 1 aliphatic rings. The van der Waals surface area contributed by atoms with Crippen LogP contribution in [0.15, 0.2) is 0 Å². The van der Waals surface area contributed by atoms with Crippen molar-refractivity contribution < 1.29 is 14.7 Å². The summed E-state index contributed by atoms with van der Waals surface area (Å²) in [7, 11) is 1.79. The average molecular weight is 238 g/mol. The maximum atomic E-state index is 11.8. The molecule has 3 N–H and O–H groups in total. The van der Waals surface area contributed by atoms with Crippen molar-refractivity contribution in [2.45, 2.75) is 13.0 Å². The van der Waals surface area contributed by atoms with Crippen LogP contribution in [0.5, 0.6) is 0 Å². The van der Waals surface area contributed by atoms with Crippen LogP contribution in [-0.4, -0.2) is 39.9 Å². The minimum absolute atomic E-state index is 0.316. The summed E-state index contributed by atoms with van der Waals surface area (Å²) in [6.45, 7) is 1.07. The summed E-state index contributed by atoms with van der Waals surface area (Å²) in [6.07, 6.45) is 0.824. The Morgan fingerprint density at radius 3 is 3.06 bits per heavy atom. The highest BCUT2D eigenvalue weighted by atomic mass is 16.4. The Balaban J connectivity index is 2.20. The summed E-state index contributed by atoms with van der Waals surface area (Å²) in [4.78, 5) is 22.1. The van der Waals surface area contributed by atoms with Crippen LogP contribution in [0, 0.1) is 0 Å². The number of rotatable bonds is 3. The number of carbonyl (C=O) groups is 2. The third-order valence-electron chi connectivity index (χ3n) is 2.73. The number of hydrogen-bond donors (Lipinski definition) is 3. The van der Waals surface area contributed by atoms with Gasteiger partial charge in [-0.1, -0.05) is 0 Å². The Morgan fingerprint density at radius 2 is 2.35 bits per heavy atom. The van der Waals surface area contributed by atoms with Crippen LogP contribution in [0.1, 0.15) is 21.7 Å². The molecule has 0 radical (unpaired) electrons. The predicted octanol–water partition coefficient (Wildman–Crippen LogP) is -1.12. The second-order valence-corrected chi connectivity index (χ2v) is 3.90. The Morgan fingerprint density at radius 1 is 1.59 bits per heavy atom. The zero-order chi connectivity index (χ0) is 12.4. The van der Waals surface area contributed by atoms with E-state index in [2.05, 4.69) is 15.7 Å². The molecule has 0 bridgehead atoms. The van der Waals surface area contributed by atoms with Crippen molar-refractivity contribution in [3.05, 3.63) is 17.0 Å². The molecule has 2 heterocycles. The van der Waals surface area contributed by atoms with Gasteiger partial charge < -0.3 is 15.7 Å². The zero-order valence-corrected chi connectivity index (χ0v) is 9.49. The van der Waals surface area contributed by atoms with E-state index in [9.17, 15) is 9.59 Å². The van der Waals surface area contributed by atoms with Crippen molar-refractivity contribution in [2.24, 2.45) is 7.05 Å². The molecule has 0 aromatic carbocycles. The molecule has 0 aliphatic carbocycles. The number of nitrogens with one attached hydrogen (secondary N) is 2. The van der Waals surface area contributed by atoms with Crippen molar-refractivity contribution in [1.82, 2.24) is 20.4 Å². The number of hydrogen-bond acceptors (Lipinski definition) is 4. The van der Waals surface area contributed by atoms with Crippen LogP contribution >= 0.6 is 0 Å². The number of aryl methyl sites for hydroxylation is 1. The smallest absolute Gasteiger partial charge is 0.322 e. The molecule has 1 aliphatic heterocycles. The number of fused-ring (bicyclic) bond motifs is 1. The monoisotopic (exact) mass is 238 g/mol. The molecule has 7 heteroatoms. The van der Waals surface area contributed by atoms with Gasteiger partial charge in [0.25, 0.3) is 5.91 Å². The van der Waals surface area contributed by atoms with E-state index in [1.807, 2.05) is 0 Å². The summed E-state index contributed by atoms with van der Waals surface area (Å²) in [6, 6.07) is 0. The lowest BCUT2D eigenvalue weighted by Crippen LogP contribution is -2.31. The van der Waals surface area contributed by atoms with Gasteiger partial charge in [0.15, 0.2) is 5.69 Å². The van der Waals surface area contributed by atoms with E-state index < -0.39 is 18.4 Å². The number of carbonyl (C=O) groups excluding carboxylic acids is 1. The molecule has 2 rings (SSSR count). The topological polar surface area (TPSA) is 96.2 Å². The molecule has 0 saturated heterocycles. The van der Waals surface area contributed by atoms with Crippen LogP contribution in [0.3, 0.4) is 0 Å². The molecule has 17 heavy (non-hydrogen) atoms. The second kappa shape index (κ2) is 4.54. The lowest BCUT2D eigenvalue weighted by atomic mass is 10.1. The molecule has 1 aromatic rings. The molecule has 0 atom stereocenters. The molecule has 92 valence electrons. The molecular formula is C10H14N4O3. The SMILES string of the molecule is Cn1nc(C(=O)NCC(=O)O)c2c1CCNC2. The number of carboxylic acid groups (broad SMARTS) is 1. The first-order valence-electron chi connectivity index (χ1n) is 5.35. The molecular weight excluding hydrogens is 224 g/mol. The zero-order valence-electron chi connectivity index (χ0n) is 9.49. The quantitative estimate of drug-likeness (QED) is 0.620. The minimum Gasteiger partial charge on any atom is -0.480 e. The van der Waals surface area contributed by atoms with E-state index >= 15 is 0 Å². The van der Waals surface area contributed by atoms with E-state index in [1.54, 1.807) is 11.7 Å². The first-order valence-corrected chi connectivity index (χ1v) is 5.35. The summed E-state index contributed by atoms with van der Waals surface area (Å²) >= 11 is 0. The first kappa shape index (κ1) is 11.6. The van der Waals surface area contributed by atoms with Crippen LogP contribution in [0.4, 0.5) is 0 Å². The average Bonchev–Trinajstić information content (AvgIpc) is 2.65. The number of nitrogens with zero attached hydrogens (tertiary/aromatic N) is 2. The lowest BCUT2D eigenvalue weighted by molar-refractivity contribution is -0.135. The number of amides is 1. The summed E-state index contributed by atoms with van der Waals surface area (Å²) in [5.41, 5.74) is 2.21. The van der Waals surface area contributed by atoms with E-state index in [0.717, 1.165) is 24.2 Å². The molecule has 0 unspecified atom stereocenters. The van der Waals surface area contributed by atoms with E-state index in [-0.39, 0.29) is 0 Å². The van der Waals surface area contributed by atoms with E-state index in [4.69, 9.17) is 5.11 Å². The Kier molecular flexibility index (Phi) is 3.10. The normalized spacial score (nSPS) is 14.2. The fourth-order valence-corrected chi connectivity index (χ4v) is 1.94. The van der Waals surface area contributed by atoms with Crippen LogP contribution in [-0.2, 0) is 24.8 Å². The van der Waals surface area contributed by atoms with Gasteiger partial charge in [-0.05, 0) is 0 Å². The minimum atomic E-state index is -1.07. The third kappa shape index (κ3) is 2.28. The molecule has 1 aromatic heterocycles. The molecule has 0 fully saturated rings. The predicted molar refractivity (Wildman–Crippen MR) is 58.6 cm³/mol. The van der Waals surface area contributed by atoms with Gasteiger partial charge in [-0.3, -0.25) is 14.3 Å². The standard InChI is InChI=1S/C10H14N4O3/c1-14-7-2-3-11-4-6(7)9(13-14)10(17)12-5-8(15)16/h11H,2-5H2,1H3,(H,12,17)(H,15,16). The summed E-state index contributed by atoms with van der Waals surface area (Å²) in [5.74, 6) is -1.51. The van der Waals surface area contributed by atoms with Crippen LogP contribution in [0.25, 0.3) is 0 Å². The largest absolute Gasteiger partial charge is 0.480 e. The van der Waals surface area contributed by atoms with Crippen LogP contribution in [0.2, 0.25) is 0 Å². The van der Waals surface area contributed by atoms with Crippen LogP contribution < -0.4 is 10.6 Å². The van der Waals surface area contributed by atoms with Gasteiger partial charge in [0.05, 0.1) is 0 Å². The van der Waals surface area contributed by atoms with Gasteiger partial charge in [-0.2, -0.15) is 5.10 Å². The molecule has 0 spiro atoms. The van der Waals surface area contributed by atoms with Gasteiger partial charge in [0.2, 0.25) is 0 Å². The molecule has 7 nitrogen and oxygen atoms in total. The van der Waals surface area contributed by atoms with Gasteiger partial charge in [0, 0.05) is 37.8 Å². The maximum Gasteiger partial charge on any atom is 0.322 e. The Bertz CT molecular complexity index is 466. The first-order chi connectivity index (χ1) is 8.09. The lowest BCUT2D eigenvalue weighted by Gasteiger charge is -2.13.